The normalized spacial score (nSPS) is 15.0. The molecule has 1 fully saturated rings. The molecule has 0 aromatic heterocycles. The summed E-state index contributed by atoms with van der Waals surface area (Å²) in [5.41, 5.74) is 2.84. The van der Waals surface area contributed by atoms with E-state index in [1.54, 1.807) is 0 Å². The Labute approximate surface area is 175 Å². The highest BCUT2D eigenvalue weighted by molar-refractivity contribution is 7.89. The first-order chi connectivity index (χ1) is 13.8. The van der Waals surface area contributed by atoms with Crippen LogP contribution in [0.5, 0.6) is 0 Å². The van der Waals surface area contributed by atoms with Crippen LogP contribution < -0.4 is 10.2 Å². The third kappa shape index (κ3) is 5.26. The summed E-state index contributed by atoms with van der Waals surface area (Å²) in [6.07, 6.45) is 0. The molecule has 9 heteroatoms. The molecule has 2 aromatic rings. The van der Waals surface area contributed by atoms with Crippen LogP contribution in [0.15, 0.2) is 42.5 Å². The Bertz CT molecular complexity index is 1060. The summed E-state index contributed by atoms with van der Waals surface area (Å²) < 4.78 is 26.6. The molecule has 0 aliphatic carbocycles. The SMILES string of the molecule is Cc1cccc(N2CCN(S(=O)(=O)CC(=O)Nc3ccc(C#N)c(Cl)c3)CC2)c1. The quantitative estimate of drug-likeness (QED) is 0.783. The fraction of sp³-hybridized carbons (Fsp3) is 0.300. The zero-order chi connectivity index (χ0) is 21.0. The monoisotopic (exact) mass is 432 g/mol. The smallest absolute Gasteiger partial charge is 0.241 e. The second kappa shape index (κ2) is 8.82. The van der Waals surface area contributed by atoms with Crippen molar-refractivity contribution in [3.8, 4) is 6.07 Å². The Morgan fingerprint density at radius 2 is 1.90 bits per heavy atom. The first-order valence-corrected chi connectivity index (χ1v) is 11.1. The number of nitrogens with zero attached hydrogens (tertiary/aromatic N) is 3. The summed E-state index contributed by atoms with van der Waals surface area (Å²) in [4.78, 5) is 14.4. The fourth-order valence-corrected chi connectivity index (χ4v) is 4.72. The molecule has 7 nitrogen and oxygen atoms in total. The van der Waals surface area contributed by atoms with Crippen LogP contribution >= 0.6 is 11.6 Å². The van der Waals surface area contributed by atoms with Crippen LogP contribution in [0, 0.1) is 18.3 Å². The number of sulfonamides is 1. The van der Waals surface area contributed by atoms with Gasteiger partial charge in [-0.25, -0.2) is 8.42 Å². The molecule has 0 radical (unpaired) electrons. The third-order valence-corrected chi connectivity index (χ3v) is 6.78. The molecule has 1 amide bonds. The minimum atomic E-state index is -3.73. The van der Waals surface area contributed by atoms with E-state index in [9.17, 15) is 13.2 Å². The molecular formula is C20H21ClN4O3S. The minimum Gasteiger partial charge on any atom is -0.369 e. The number of halogens is 1. The van der Waals surface area contributed by atoms with Gasteiger partial charge in [0.05, 0.1) is 10.6 Å². The number of aryl methyl sites for hydroxylation is 1. The zero-order valence-corrected chi connectivity index (χ0v) is 17.5. The number of piperazine rings is 1. The molecule has 0 spiro atoms. The lowest BCUT2D eigenvalue weighted by atomic mass is 10.2. The van der Waals surface area contributed by atoms with Crippen molar-refractivity contribution in [2.24, 2.45) is 0 Å². The molecule has 1 aliphatic heterocycles. The third-order valence-electron chi connectivity index (χ3n) is 4.69. The van der Waals surface area contributed by atoms with Gasteiger partial charge in [0.25, 0.3) is 0 Å². The van der Waals surface area contributed by atoms with E-state index in [-0.39, 0.29) is 10.6 Å². The Morgan fingerprint density at radius 1 is 1.17 bits per heavy atom. The van der Waals surface area contributed by atoms with Gasteiger partial charge in [0, 0.05) is 37.6 Å². The van der Waals surface area contributed by atoms with Gasteiger partial charge in [-0.05, 0) is 42.8 Å². The van der Waals surface area contributed by atoms with E-state index < -0.39 is 21.7 Å². The molecule has 1 N–H and O–H groups in total. The molecule has 0 bridgehead atoms. The first-order valence-electron chi connectivity index (χ1n) is 9.07. The number of hydrogen-bond donors (Lipinski definition) is 1. The first kappa shape index (κ1) is 21.1. The standard InChI is InChI=1S/C20H21ClN4O3S/c1-15-3-2-4-18(11-15)24-7-9-25(10-8-24)29(27,28)14-20(26)23-17-6-5-16(13-22)19(21)12-17/h2-6,11-12H,7-10,14H2,1H3,(H,23,26). The van der Waals surface area contributed by atoms with E-state index in [0.717, 1.165) is 11.3 Å². The van der Waals surface area contributed by atoms with Crippen molar-refractivity contribution in [3.63, 3.8) is 0 Å². The maximum Gasteiger partial charge on any atom is 0.241 e. The number of rotatable bonds is 5. The summed E-state index contributed by atoms with van der Waals surface area (Å²) in [6, 6.07) is 14.4. The van der Waals surface area contributed by atoms with Crippen molar-refractivity contribution in [1.29, 1.82) is 5.26 Å². The molecule has 152 valence electrons. The van der Waals surface area contributed by atoms with E-state index in [2.05, 4.69) is 16.3 Å². The van der Waals surface area contributed by atoms with Gasteiger partial charge in [-0.15, -0.1) is 0 Å². The molecule has 1 aliphatic rings. The lowest BCUT2D eigenvalue weighted by Gasteiger charge is -2.35. The molecule has 2 aromatic carbocycles. The predicted octanol–water partition coefficient (Wildman–Crippen LogP) is 2.61. The van der Waals surface area contributed by atoms with Crippen molar-refractivity contribution in [2.75, 3.05) is 42.1 Å². The van der Waals surface area contributed by atoms with E-state index >= 15 is 0 Å². The number of anilines is 2. The highest BCUT2D eigenvalue weighted by Crippen LogP contribution is 2.21. The highest BCUT2D eigenvalue weighted by atomic mass is 35.5. The number of nitriles is 1. The Morgan fingerprint density at radius 3 is 2.52 bits per heavy atom. The van der Waals surface area contributed by atoms with E-state index in [1.165, 1.54) is 22.5 Å². The minimum absolute atomic E-state index is 0.195. The van der Waals surface area contributed by atoms with Crippen LogP contribution in [0.2, 0.25) is 5.02 Å². The molecule has 0 unspecified atom stereocenters. The number of nitrogens with one attached hydrogen (secondary N) is 1. The summed E-state index contributed by atoms with van der Waals surface area (Å²) in [6.45, 7) is 3.80. The molecule has 29 heavy (non-hydrogen) atoms. The number of hydrogen-bond acceptors (Lipinski definition) is 5. The van der Waals surface area contributed by atoms with E-state index in [4.69, 9.17) is 16.9 Å². The van der Waals surface area contributed by atoms with Crippen LogP contribution in [0.1, 0.15) is 11.1 Å². The van der Waals surface area contributed by atoms with E-state index in [1.807, 2.05) is 31.2 Å². The van der Waals surface area contributed by atoms with Crippen LogP contribution in [0.4, 0.5) is 11.4 Å². The zero-order valence-electron chi connectivity index (χ0n) is 15.9. The van der Waals surface area contributed by atoms with Gasteiger partial charge < -0.3 is 10.2 Å². The van der Waals surface area contributed by atoms with Crippen molar-refractivity contribution >= 4 is 38.9 Å². The van der Waals surface area contributed by atoms with Crippen molar-refractivity contribution in [3.05, 3.63) is 58.6 Å². The maximum atomic E-state index is 12.6. The molecule has 0 atom stereocenters. The predicted molar refractivity (Wildman–Crippen MR) is 114 cm³/mol. The maximum absolute atomic E-state index is 12.6. The summed E-state index contributed by atoms with van der Waals surface area (Å²) in [7, 11) is -3.73. The summed E-state index contributed by atoms with van der Waals surface area (Å²) in [5, 5.41) is 11.6. The van der Waals surface area contributed by atoms with Gasteiger partial charge in [0.15, 0.2) is 0 Å². The van der Waals surface area contributed by atoms with Gasteiger partial charge in [-0.1, -0.05) is 23.7 Å². The average molecular weight is 433 g/mol. The molecule has 3 rings (SSSR count). The number of carbonyl (C=O) groups is 1. The molecule has 1 saturated heterocycles. The highest BCUT2D eigenvalue weighted by Gasteiger charge is 2.29. The van der Waals surface area contributed by atoms with Gasteiger partial charge in [0.1, 0.15) is 11.8 Å². The second-order valence-corrected chi connectivity index (χ2v) is 9.21. The second-order valence-electron chi connectivity index (χ2n) is 6.84. The van der Waals surface area contributed by atoms with Crippen molar-refractivity contribution in [1.82, 2.24) is 4.31 Å². The Balaban J connectivity index is 1.58. The fourth-order valence-electron chi connectivity index (χ4n) is 3.19. The topological polar surface area (TPSA) is 93.5 Å². The van der Waals surface area contributed by atoms with Crippen LogP contribution in [-0.2, 0) is 14.8 Å². The number of benzene rings is 2. The lowest BCUT2D eigenvalue weighted by molar-refractivity contribution is -0.113. The molecule has 0 saturated carbocycles. The molecule has 1 heterocycles. The summed E-state index contributed by atoms with van der Waals surface area (Å²) in [5.74, 6) is -1.29. The van der Waals surface area contributed by atoms with Gasteiger partial charge in [-0.2, -0.15) is 9.57 Å². The summed E-state index contributed by atoms with van der Waals surface area (Å²) >= 11 is 5.94. The lowest BCUT2D eigenvalue weighted by Crippen LogP contribution is -2.50. The van der Waals surface area contributed by atoms with Gasteiger partial charge in [0.2, 0.25) is 15.9 Å². The van der Waals surface area contributed by atoms with E-state index in [0.29, 0.717) is 31.9 Å². The van der Waals surface area contributed by atoms with Crippen LogP contribution in [0.3, 0.4) is 0 Å². The van der Waals surface area contributed by atoms with Gasteiger partial charge >= 0.3 is 0 Å². The van der Waals surface area contributed by atoms with Crippen molar-refractivity contribution in [2.45, 2.75) is 6.92 Å². The Hall–Kier alpha value is -2.60. The largest absolute Gasteiger partial charge is 0.369 e. The van der Waals surface area contributed by atoms with Crippen LogP contribution in [-0.4, -0.2) is 50.6 Å². The number of amides is 1. The molecular weight excluding hydrogens is 412 g/mol. The van der Waals surface area contributed by atoms with Gasteiger partial charge in [-0.3, -0.25) is 4.79 Å². The average Bonchev–Trinajstić information content (AvgIpc) is 2.68. The van der Waals surface area contributed by atoms with Crippen LogP contribution in [0.25, 0.3) is 0 Å². The Kier molecular flexibility index (Phi) is 6.42. The number of carbonyl (C=O) groups excluding carboxylic acids is 1. The van der Waals surface area contributed by atoms with Crippen molar-refractivity contribution < 1.29 is 13.2 Å².